The van der Waals surface area contributed by atoms with Gasteiger partial charge in [-0.15, -0.1) is 0 Å². The van der Waals surface area contributed by atoms with E-state index in [9.17, 15) is 28.7 Å². The van der Waals surface area contributed by atoms with Crippen LogP contribution in [0.5, 0.6) is 5.75 Å². The maximum atomic E-state index is 13.8. The second-order valence-electron chi connectivity index (χ2n) is 6.19. The molecule has 30 heavy (non-hydrogen) atoms. The van der Waals surface area contributed by atoms with Crippen LogP contribution in [0.4, 0.5) is 14.9 Å². The Kier molecular flexibility index (Phi) is 6.17. The summed E-state index contributed by atoms with van der Waals surface area (Å²) in [5, 5.41) is 20.3. The van der Waals surface area contributed by atoms with Crippen LogP contribution in [0, 0.1) is 5.82 Å². The summed E-state index contributed by atoms with van der Waals surface area (Å²) in [6, 6.07) is 9.35. The molecule has 0 aliphatic carbocycles. The van der Waals surface area contributed by atoms with E-state index in [0.29, 0.717) is 11.8 Å². The van der Waals surface area contributed by atoms with Gasteiger partial charge in [-0.1, -0.05) is 18.2 Å². The molecule has 0 bridgehead atoms. The zero-order valence-electron chi connectivity index (χ0n) is 15.3. The first-order chi connectivity index (χ1) is 14.3. The van der Waals surface area contributed by atoms with Crippen molar-refractivity contribution in [3.05, 3.63) is 64.3 Å². The van der Waals surface area contributed by atoms with Crippen LogP contribution in [0.2, 0.25) is 0 Å². The number of nitrogens with one attached hydrogen (secondary N) is 1. The Labute approximate surface area is 174 Å². The number of carboxylic acids is 1. The molecular weight excluding hydrogens is 415 g/mol. The fourth-order valence-electron chi connectivity index (χ4n) is 2.65. The summed E-state index contributed by atoms with van der Waals surface area (Å²) in [6.45, 7) is -0.199. The summed E-state index contributed by atoms with van der Waals surface area (Å²) in [5.74, 6) is -3.52. The van der Waals surface area contributed by atoms with E-state index in [0.717, 1.165) is 17.0 Å². The molecule has 0 spiro atoms. The van der Waals surface area contributed by atoms with Gasteiger partial charge in [-0.2, -0.15) is 0 Å². The van der Waals surface area contributed by atoms with Gasteiger partial charge in [-0.05, 0) is 42.1 Å². The maximum absolute atomic E-state index is 13.8. The van der Waals surface area contributed by atoms with Gasteiger partial charge in [-0.25, -0.2) is 9.18 Å². The number of halogens is 1. The molecule has 1 aliphatic heterocycles. The first-order valence-corrected chi connectivity index (χ1v) is 9.44. The lowest BCUT2D eigenvalue weighted by Gasteiger charge is -2.12. The highest BCUT2D eigenvalue weighted by atomic mass is 32.2. The van der Waals surface area contributed by atoms with Crippen molar-refractivity contribution in [3.8, 4) is 5.75 Å². The first-order valence-electron chi connectivity index (χ1n) is 8.62. The average molecular weight is 430 g/mol. The minimum Gasteiger partial charge on any atom is -0.507 e. The van der Waals surface area contributed by atoms with E-state index in [1.807, 2.05) is 0 Å². The molecule has 0 saturated carbocycles. The lowest BCUT2D eigenvalue weighted by molar-refractivity contribution is -0.123. The number of aromatic carboxylic acids is 1. The number of benzene rings is 2. The number of carbonyl (C=O) groups excluding carboxylic acids is 3. The van der Waals surface area contributed by atoms with Gasteiger partial charge in [0.15, 0.2) is 0 Å². The quantitative estimate of drug-likeness (QED) is 0.474. The molecule has 2 aromatic rings. The number of carbonyl (C=O) groups is 4. The molecule has 154 valence electrons. The number of phenols is 1. The third-order valence-electron chi connectivity index (χ3n) is 4.14. The largest absolute Gasteiger partial charge is 0.507 e. The third-order valence-corrected chi connectivity index (χ3v) is 5.05. The van der Waals surface area contributed by atoms with Crippen LogP contribution in [0.25, 0.3) is 6.08 Å². The van der Waals surface area contributed by atoms with E-state index in [-0.39, 0.29) is 34.7 Å². The highest BCUT2D eigenvalue weighted by Gasteiger charge is 2.35. The molecule has 2 aromatic carbocycles. The van der Waals surface area contributed by atoms with E-state index in [4.69, 9.17) is 5.11 Å². The summed E-state index contributed by atoms with van der Waals surface area (Å²) in [4.78, 5) is 48.6. The van der Waals surface area contributed by atoms with Gasteiger partial charge in [0.2, 0.25) is 5.91 Å². The molecule has 0 unspecified atom stereocenters. The number of carboxylic acid groups (broad SMARTS) is 1. The SMILES string of the molecule is O=C(CCN1C(=O)S/C(=C/c2ccccc2F)C1=O)Nc1ccc(O)c(C(=O)O)c1. The zero-order chi connectivity index (χ0) is 21.8. The number of amides is 3. The predicted octanol–water partition coefficient (Wildman–Crippen LogP) is 3.29. The van der Waals surface area contributed by atoms with Gasteiger partial charge in [0.1, 0.15) is 17.1 Å². The van der Waals surface area contributed by atoms with Crippen LogP contribution < -0.4 is 5.32 Å². The van der Waals surface area contributed by atoms with Gasteiger partial charge in [0, 0.05) is 24.2 Å². The number of hydrogen-bond donors (Lipinski definition) is 3. The molecule has 0 atom stereocenters. The third kappa shape index (κ3) is 4.66. The molecule has 10 heteroatoms. The molecule has 0 aromatic heterocycles. The Hall–Kier alpha value is -3.66. The van der Waals surface area contributed by atoms with Gasteiger partial charge < -0.3 is 15.5 Å². The number of imide groups is 1. The Bertz CT molecular complexity index is 1080. The minimum atomic E-state index is -1.36. The van der Waals surface area contributed by atoms with Crippen molar-refractivity contribution in [3.63, 3.8) is 0 Å². The smallest absolute Gasteiger partial charge is 0.339 e. The fraction of sp³-hybridized carbons (Fsp3) is 0.100. The van der Waals surface area contributed by atoms with E-state index in [1.54, 1.807) is 6.07 Å². The summed E-state index contributed by atoms with van der Waals surface area (Å²) >= 11 is 0.655. The predicted molar refractivity (Wildman–Crippen MR) is 107 cm³/mol. The van der Waals surface area contributed by atoms with E-state index in [1.165, 1.54) is 30.3 Å². The number of aromatic hydroxyl groups is 1. The van der Waals surface area contributed by atoms with E-state index >= 15 is 0 Å². The second-order valence-corrected chi connectivity index (χ2v) is 7.18. The van der Waals surface area contributed by atoms with Crippen LogP contribution in [0.3, 0.4) is 0 Å². The Morgan fingerprint density at radius 3 is 2.60 bits per heavy atom. The molecule has 3 amide bonds. The van der Waals surface area contributed by atoms with E-state index in [2.05, 4.69) is 5.32 Å². The standard InChI is InChI=1S/C20H15FN2O6S/c21-14-4-2-1-3-11(14)9-16-18(26)23(20(29)30-16)8-7-17(25)22-12-5-6-15(24)13(10-12)19(27)28/h1-6,9-10,24H,7-8H2,(H,22,25)(H,27,28)/b16-9+. The Morgan fingerprint density at radius 2 is 1.90 bits per heavy atom. The molecule has 3 rings (SSSR count). The summed E-state index contributed by atoms with van der Waals surface area (Å²) in [7, 11) is 0. The van der Waals surface area contributed by atoms with Crippen molar-refractivity contribution in [2.24, 2.45) is 0 Å². The van der Waals surface area contributed by atoms with Crippen LogP contribution in [-0.4, -0.2) is 44.7 Å². The maximum Gasteiger partial charge on any atom is 0.339 e. The van der Waals surface area contributed by atoms with Crippen molar-refractivity contribution in [2.75, 3.05) is 11.9 Å². The summed E-state index contributed by atoms with van der Waals surface area (Å²) in [6.07, 6.45) is 1.05. The molecule has 1 saturated heterocycles. The summed E-state index contributed by atoms with van der Waals surface area (Å²) < 4.78 is 13.8. The lowest BCUT2D eigenvalue weighted by atomic mass is 10.1. The van der Waals surface area contributed by atoms with Crippen LogP contribution in [-0.2, 0) is 9.59 Å². The number of thioether (sulfide) groups is 1. The topological polar surface area (TPSA) is 124 Å². The van der Waals surface area contributed by atoms with Gasteiger partial charge in [0.25, 0.3) is 11.1 Å². The minimum absolute atomic E-state index is 0.0511. The first kappa shape index (κ1) is 21.1. The second kappa shape index (κ2) is 8.78. The van der Waals surface area contributed by atoms with Gasteiger partial charge >= 0.3 is 5.97 Å². The van der Waals surface area contributed by atoms with Crippen molar-refractivity contribution in [1.29, 1.82) is 0 Å². The zero-order valence-corrected chi connectivity index (χ0v) is 16.1. The van der Waals surface area contributed by atoms with E-state index < -0.39 is 34.6 Å². The van der Waals surface area contributed by atoms with Crippen molar-refractivity contribution in [2.45, 2.75) is 6.42 Å². The molecular formula is C20H15FN2O6S. The number of hydrogen-bond acceptors (Lipinski definition) is 6. The Morgan fingerprint density at radius 1 is 1.17 bits per heavy atom. The summed E-state index contributed by atoms with van der Waals surface area (Å²) in [5.41, 5.74) is -0.0666. The van der Waals surface area contributed by atoms with Crippen LogP contribution in [0.1, 0.15) is 22.3 Å². The van der Waals surface area contributed by atoms with Crippen molar-refractivity contribution in [1.82, 2.24) is 4.90 Å². The number of nitrogens with zero attached hydrogens (tertiary/aromatic N) is 1. The molecule has 8 nitrogen and oxygen atoms in total. The molecule has 1 aliphatic rings. The normalized spacial score (nSPS) is 15.0. The molecule has 1 fully saturated rings. The molecule has 0 radical (unpaired) electrons. The lowest BCUT2D eigenvalue weighted by Crippen LogP contribution is -2.31. The molecule has 3 N–H and O–H groups in total. The fourth-order valence-corrected chi connectivity index (χ4v) is 3.50. The van der Waals surface area contributed by atoms with Crippen molar-refractivity contribution < 1.29 is 33.8 Å². The number of anilines is 1. The highest BCUT2D eigenvalue weighted by molar-refractivity contribution is 8.18. The average Bonchev–Trinajstić information content (AvgIpc) is 2.96. The Balaban J connectivity index is 1.63. The monoisotopic (exact) mass is 430 g/mol. The number of rotatable bonds is 6. The molecule has 1 heterocycles. The highest BCUT2D eigenvalue weighted by Crippen LogP contribution is 2.32. The van der Waals surface area contributed by atoms with Crippen LogP contribution in [0.15, 0.2) is 47.4 Å². The van der Waals surface area contributed by atoms with Gasteiger partial charge in [-0.3, -0.25) is 19.3 Å². The van der Waals surface area contributed by atoms with Gasteiger partial charge in [0.05, 0.1) is 4.91 Å². The van der Waals surface area contributed by atoms with Crippen LogP contribution >= 0.6 is 11.8 Å². The van der Waals surface area contributed by atoms with Crippen molar-refractivity contribution >= 4 is 46.5 Å².